The van der Waals surface area contributed by atoms with Crippen LogP contribution >= 0.6 is 15.9 Å². The SMILES string of the molecule is Brc1ccc(-c2cccnc2)cc1.c1ccc(-n2ccc3c2ccc2c4ccccc4n(-c4ccc(-c5cccnc5)cc4)c23)cc1.c1ccc(-n2ccc3c4[nH]c5ccccc5c4ccc32)cc1. The highest BCUT2D eigenvalue weighted by Gasteiger charge is 2.17. The highest BCUT2D eigenvalue weighted by atomic mass is 79.9. The van der Waals surface area contributed by atoms with Crippen LogP contribution in [-0.2, 0) is 0 Å². The van der Waals surface area contributed by atoms with Crippen molar-refractivity contribution in [2.75, 3.05) is 0 Å². The molecule has 0 unspecified atom stereocenters. The number of halogens is 1. The van der Waals surface area contributed by atoms with Crippen LogP contribution in [0, 0.1) is 0 Å². The molecule has 0 radical (unpaired) electrons. The standard InChI is InChI=1S/C31H21N3.C20H14N2.C11H8BrN/c1-2-8-24(9-3-1)33-20-18-28-29(33)17-16-27-26-10-4-5-11-30(26)34(31(27)28)25-14-12-22(13-15-25)23-7-6-19-32-21-23;1-2-6-14(7-3-1)22-13-12-17-19(22)11-10-16-15-8-4-5-9-18(15)21-20(16)17;12-11-5-3-9(4-6-11)10-2-1-7-13-8-10/h1-21H;1-13,21H;1-8H. The summed E-state index contributed by atoms with van der Waals surface area (Å²) in [5.41, 5.74) is 15.4. The highest BCUT2D eigenvalue weighted by molar-refractivity contribution is 9.10. The van der Waals surface area contributed by atoms with Gasteiger partial charge in [-0.25, -0.2) is 0 Å². The Kier molecular flexibility index (Phi) is 10.9. The second kappa shape index (κ2) is 18.1. The van der Waals surface area contributed by atoms with Crippen molar-refractivity contribution in [1.82, 2.24) is 28.7 Å². The number of hydrogen-bond donors (Lipinski definition) is 1. The molecule has 14 aromatic rings. The molecule has 0 spiro atoms. The second-order valence-corrected chi connectivity index (χ2v) is 17.8. The van der Waals surface area contributed by atoms with Gasteiger partial charge in [0.05, 0.1) is 27.6 Å². The average molecular weight is 952 g/mol. The number of hydrogen-bond acceptors (Lipinski definition) is 2. The lowest BCUT2D eigenvalue weighted by Crippen LogP contribution is -1.95. The molecule has 8 aromatic carbocycles. The topological polar surface area (TPSA) is 56.4 Å². The molecule has 0 aliphatic rings. The van der Waals surface area contributed by atoms with Crippen molar-refractivity contribution in [1.29, 1.82) is 0 Å². The molecule has 0 aliphatic heterocycles. The van der Waals surface area contributed by atoms with Gasteiger partial charge >= 0.3 is 0 Å². The molecular weight excluding hydrogens is 909 g/mol. The molecule has 0 amide bonds. The monoisotopic (exact) mass is 950 g/mol. The van der Waals surface area contributed by atoms with E-state index in [-0.39, 0.29) is 0 Å². The molecule has 0 aliphatic carbocycles. The molecule has 6 nitrogen and oxygen atoms in total. The minimum atomic E-state index is 1.10. The van der Waals surface area contributed by atoms with Gasteiger partial charge in [0.1, 0.15) is 0 Å². The minimum absolute atomic E-state index is 1.10. The van der Waals surface area contributed by atoms with Gasteiger partial charge in [-0.15, -0.1) is 0 Å². The van der Waals surface area contributed by atoms with E-state index in [1.807, 2.05) is 48.9 Å². The van der Waals surface area contributed by atoms with Gasteiger partial charge in [0, 0.05) is 96.5 Å². The van der Waals surface area contributed by atoms with E-state index < -0.39 is 0 Å². The Hall–Kier alpha value is -8.78. The second-order valence-electron chi connectivity index (χ2n) is 16.9. The minimum Gasteiger partial charge on any atom is -0.354 e. The zero-order valence-electron chi connectivity index (χ0n) is 37.4. The predicted octanol–water partition coefficient (Wildman–Crippen LogP) is 16.6. The molecule has 0 bridgehead atoms. The molecule has 6 heterocycles. The lowest BCUT2D eigenvalue weighted by molar-refractivity contribution is 1.13. The normalized spacial score (nSPS) is 11.3. The van der Waals surface area contributed by atoms with E-state index in [0.29, 0.717) is 0 Å². The van der Waals surface area contributed by atoms with Crippen LogP contribution in [0.2, 0.25) is 0 Å². The van der Waals surface area contributed by atoms with Gasteiger partial charge in [0.25, 0.3) is 0 Å². The predicted molar refractivity (Wildman–Crippen MR) is 291 cm³/mol. The van der Waals surface area contributed by atoms with Gasteiger partial charge in [-0.05, 0) is 119 Å². The summed E-state index contributed by atoms with van der Waals surface area (Å²) in [5, 5.41) is 7.61. The van der Waals surface area contributed by atoms with Crippen molar-refractivity contribution in [3.05, 3.63) is 260 Å². The number of nitrogens with one attached hydrogen (secondary N) is 1. The van der Waals surface area contributed by atoms with Crippen molar-refractivity contribution < 1.29 is 0 Å². The van der Waals surface area contributed by atoms with E-state index in [9.17, 15) is 0 Å². The van der Waals surface area contributed by atoms with Crippen molar-refractivity contribution in [2.45, 2.75) is 0 Å². The van der Waals surface area contributed by atoms with E-state index in [4.69, 9.17) is 0 Å². The summed E-state index contributed by atoms with van der Waals surface area (Å²) >= 11 is 3.40. The van der Waals surface area contributed by atoms with Crippen LogP contribution in [0.1, 0.15) is 0 Å². The third kappa shape index (κ3) is 7.84. The first-order chi connectivity index (χ1) is 34.2. The van der Waals surface area contributed by atoms with Gasteiger partial charge in [0.15, 0.2) is 0 Å². The highest BCUT2D eigenvalue weighted by Crippen LogP contribution is 2.38. The third-order valence-corrected chi connectivity index (χ3v) is 13.4. The van der Waals surface area contributed by atoms with Gasteiger partial charge < -0.3 is 18.7 Å². The van der Waals surface area contributed by atoms with E-state index in [1.54, 1.807) is 6.20 Å². The fourth-order valence-corrected chi connectivity index (χ4v) is 9.89. The van der Waals surface area contributed by atoms with Crippen LogP contribution in [0.3, 0.4) is 0 Å². The molecule has 14 rings (SSSR count). The van der Waals surface area contributed by atoms with Crippen molar-refractivity contribution in [3.8, 4) is 39.3 Å². The lowest BCUT2D eigenvalue weighted by atomic mass is 10.1. The van der Waals surface area contributed by atoms with Gasteiger partial charge in [0.2, 0.25) is 0 Å². The van der Waals surface area contributed by atoms with Gasteiger partial charge in [-0.2, -0.15) is 0 Å². The molecule has 7 heteroatoms. The number of rotatable bonds is 5. The fourth-order valence-electron chi connectivity index (χ4n) is 9.62. The summed E-state index contributed by atoms with van der Waals surface area (Å²) in [6.45, 7) is 0. The van der Waals surface area contributed by atoms with Gasteiger partial charge in [-0.1, -0.05) is 137 Å². The van der Waals surface area contributed by atoms with Crippen LogP contribution in [0.5, 0.6) is 0 Å². The lowest BCUT2D eigenvalue weighted by Gasteiger charge is -2.11. The van der Waals surface area contributed by atoms with E-state index in [0.717, 1.165) is 26.9 Å². The van der Waals surface area contributed by atoms with E-state index >= 15 is 0 Å². The van der Waals surface area contributed by atoms with Crippen molar-refractivity contribution in [3.63, 3.8) is 0 Å². The zero-order valence-corrected chi connectivity index (χ0v) is 38.9. The Labute approximate surface area is 407 Å². The van der Waals surface area contributed by atoms with Crippen LogP contribution in [0.4, 0.5) is 0 Å². The molecule has 0 fully saturated rings. The Morgan fingerprint density at radius 3 is 1.51 bits per heavy atom. The summed E-state index contributed by atoms with van der Waals surface area (Å²) in [7, 11) is 0. The number of fused-ring (bicyclic) bond motifs is 10. The summed E-state index contributed by atoms with van der Waals surface area (Å²) in [4.78, 5) is 11.9. The molecule has 328 valence electrons. The maximum absolute atomic E-state index is 4.27. The molecule has 0 saturated heterocycles. The van der Waals surface area contributed by atoms with Crippen molar-refractivity contribution in [2.24, 2.45) is 0 Å². The number of nitrogens with zero attached hydrogens (tertiary/aromatic N) is 5. The summed E-state index contributed by atoms with van der Waals surface area (Å²) < 4.78 is 8.00. The number of aromatic amines is 1. The maximum atomic E-state index is 4.27. The number of aromatic nitrogens is 6. The number of H-pyrrole nitrogens is 1. The number of benzene rings is 8. The maximum Gasteiger partial charge on any atom is 0.0635 e. The van der Waals surface area contributed by atoms with E-state index in [1.165, 1.54) is 82.4 Å². The average Bonchev–Trinajstić information content (AvgIpc) is 4.23. The van der Waals surface area contributed by atoms with Gasteiger partial charge in [-0.3, -0.25) is 9.97 Å². The Morgan fingerprint density at radius 2 is 0.884 bits per heavy atom. The Bertz CT molecular complexity index is 4040. The molecule has 1 N–H and O–H groups in total. The molecule has 0 atom stereocenters. The van der Waals surface area contributed by atoms with Crippen LogP contribution in [-0.4, -0.2) is 28.7 Å². The quantitative estimate of drug-likeness (QED) is 0.187. The fraction of sp³-hybridized carbons (Fsp3) is 0. The first kappa shape index (κ1) is 41.6. The van der Waals surface area contributed by atoms with Crippen molar-refractivity contribution >= 4 is 81.3 Å². The van der Waals surface area contributed by atoms with E-state index in [2.05, 4.69) is 245 Å². The van der Waals surface area contributed by atoms with Crippen LogP contribution in [0.25, 0.3) is 105 Å². The van der Waals surface area contributed by atoms with Crippen LogP contribution in [0.15, 0.2) is 260 Å². The Balaban J connectivity index is 0.000000120. The smallest absolute Gasteiger partial charge is 0.0635 e. The number of para-hydroxylation sites is 4. The zero-order chi connectivity index (χ0) is 46.1. The summed E-state index contributed by atoms with van der Waals surface area (Å²) in [5.74, 6) is 0. The summed E-state index contributed by atoms with van der Waals surface area (Å²) in [6.07, 6.45) is 11.7. The van der Waals surface area contributed by atoms with Crippen LogP contribution < -0.4 is 0 Å². The Morgan fingerprint density at radius 1 is 0.348 bits per heavy atom. The number of pyridine rings is 2. The third-order valence-electron chi connectivity index (χ3n) is 12.9. The largest absolute Gasteiger partial charge is 0.354 e. The first-order valence-electron chi connectivity index (χ1n) is 23.0. The molecule has 69 heavy (non-hydrogen) atoms. The first-order valence-corrected chi connectivity index (χ1v) is 23.8. The summed E-state index contributed by atoms with van der Waals surface area (Å²) in [6, 6.07) is 76.6. The molecule has 0 saturated carbocycles. The molecule has 6 aromatic heterocycles. The molecular formula is C62H43BrN6.